The molecular weight excluding hydrogens is 442 g/mol. The number of unbranched alkanes of at least 4 members (excludes halogenated alkanes) is 1. The number of pyridine rings is 1. The van der Waals surface area contributed by atoms with Gasteiger partial charge in [0.25, 0.3) is 0 Å². The van der Waals surface area contributed by atoms with Gasteiger partial charge in [-0.3, -0.25) is 4.98 Å². The monoisotopic (exact) mass is 467 g/mol. The standard InChI is InChI=1S/C26H25N7O2/c1-3-4-12-23-28-22-11-7-10-20(26(34)35-2)24(22)33(23)16-17-13-14-21(27-15-17)18-8-5-6-9-19(18)25-29-31-32-30-25/h5-11,13-15H,3-4,12,16H2,1-2H3,(H,29,30,31,32). The van der Waals surface area contributed by atoms with Crippen molar-refractivity contribution in [3.63, 3.8) is 0 Å². The van der Waals surface area contributed by atoms with E-state index in [2.05, 4.69) is 32.1 Å². The molecule has 0 atom stereocenters. The Morgan fingerprint density at radius 2 is 1.91 bits per heavy atom. The summed E-state index contributed by atoms with van der Waals surface area (Å²) in [4.78, 5) is 22.1. The number of hydrogen-bond acceptors (Lipinski definition) is 7. The van der Waals surface area contributed by atoms with E-state index in [9.17, 15) is 4.79 Å². The first-order chi connectivity index (χ1) is 17.2. The Balaban J connectivity index is 1.52. The second-order valence-corrected chi connectivity index (χ2v) is 8.23. The quantitative estimate of drug-likeness (QED) is 0.335. The number of aromatic amines is 1. The zero-order valence-electron chi connectivity index (χ0n) is 19.6. The zero-order chi connectivity index (χ0) is 24.2. The van der Waals surface area contributed by atoms with Crippen molar-refractivity contribution in [1.29, 1.82) is 0 Å². The summed E-state index contributed by atoms with van der Waals surface area (Å²) in [5.74, 6) is 1.17. The van der Waals surface area contributed by atoms with Crippen LogP contribution in [0.3, 0.4) is 0 Å². The van der Waals surface area contributed by atoms with Crippen LogP contribution in [0.25, 0.3) is 33.7 Å². The van der Waals surface area contributed by atoms with E-state index < -0.39 is 0 Å². The van der Waals surface area contributed by atoms with Gasteiger partial charge in [-0.25, -0.2) is 14.9 Å². The summed E-state index contributed by atoms with van der Waals surface area (Å²) in [7, 11) is 1.40. The van der Waals surface area contributed by atoms with Gasteiger partial charge in [-0.05, 0) is 40.6 Å². The number of benzene rings is 2. The van der Waals surface area contributed by atoms with E-state index in [0.29, 0.717) is 17.9 Å². The molecule has 0 saturated heterocycles. The maximum atomic E-state index is 12.5. The lowest BCUT2D eigenvalue weighted by molar-refractivity contribution is 0.0602. The Kier molecular flexibility index (Phi) is 6.30. The van der Waals surface area contributed by atoms with E-state index in [1.165, 1.54) is 7.11 Å². The molecule has 2 aromatic carbocycles. The summed E-state index contributed by atoms with van der Waals surface area (Å²) in [6.45, 7) is 2.70. The number of rotatable bonds is 8. The highest BCUT2D eigenvalue weighted by molar-refractivity contribution is 6.02. The molecule has 0 saturated carbocycles. The van der Waals surface area contributed by atoms with Crippen LogP contribution in [0.1, 0.15) is 41.5 Å². The molecule has 0 bridgehead atoms. The van der Waals surface area contributed by atoms with Gasteiger partial charge in [0.1, 0.15) is 5.82 Å². The Morgan fingerprint density at radius 3 is 2.63 bits per heavy atom. The minimum Gasteiger partial charge on any atom is -0.465 e. The first-order valence-corrected chi connectivity index (χ1v) is 11.5. The summed E-state index contributed by atoms with van der Waals surface area (Å²) < 4.78 is 7.15. The van der Waals surface area contributed by atoms with Gasteiger partial charge in [-0.1, -0.05) is 49.7 Å². The van der Waals surface area contributed by atoms with E-state index >= 15 is 0 Å². The third-order valence-corrected chi connectivity index (χ3v) is 5.97. The van der Waals surface area contributed by atoms with Gasteiger partial charge in [0.05, 0.1) is 35.9 Å². The molecule has 0 spiro atoms. The van der Waals surface area contributed by atoms with Crippen molar-refractivity contribution in [2.24, 2.45) is 0 Å². The number of H-pyrrole nitrogens is 1. The number of ether oxygens (including phenoxy) is 1. The SMILES string of the molecule is CCCCc1nc2cccc(C(=O)OC)c2n1Cc1ccc(-c2ccccc2-c2nnn[nH]2)nc1. The number of para-hydroxylation sites is 1. The average Bonchev–Trinajstić information content (AvgIpc) is 3.56. The molecule has 0 fully saturated rings. The van der Waals surface area contributed by atoms with E-state index in [0.717, 1.165) is 58.5 Å². The third-order valence-electron chi connectivity index (χ3n) is 5.97. The number of fused-ring (bicyclic) bond motifs is 1. The fourth-order valence-electron chi connectivity index (χ4n) is 4.25. The van der Waals surface area contributed by atoms with Crippen molar-refractivity contribution in [3.05, 3.63) is 77.7 Å². The van der Waals surface area contributed by atoms with Crippen LogP contribution in [0.2, 0.25) is 0 Å². The Bertz CT molecular complexity index is 1460. The second kappa shape index (κ2) is 9.84. The van der Waals surface area contributed by atoms with E-state index in [1.54, 1.807) is 6.07 Å². The summed E-state index contributed by atoms with van der Waals surface area (Å²) >= 11 is 0. The fraction of sp³-hybridized carbons (Fsp3) is 0.231. The predicted octanol–water partition coefficient (Wildman–Crippen LogP) is 4.46. The van der Waals surface area contributed by atoms with Crippen molar-refractivity contribution in [2.45, 2.75) is 32.7 Å². The molecule has 0 aliphatic carbocycles. The van der Waals surface area contributed by atoms with Crippen LogP contribution in [0, 0.1) is 0 Å². The maximum absolute atomic E-state index is 12.5. The number of aromatic nitrogens is 7. The molecule has 0 aliphatic rings. The Morgan fingerprint density at radius 1 is 1.06 bits per heavy atom. The minimum atomic E-state index is -0.370. The van der Waals surface area contributed by atoms with Crippen LogP contribution >= 0.6 is 0 Å². The molecule has 0 amide bonds. The molecule has 3 aromatic heterocycles. The number of aryl methyl sites for hydroxylation is 1. The van der Waals surface area contributed by atoms with Crippen LogP contribution in [-0.4, -0.2) is 48.2 Å². The lowest BCUT2D eigenvalue weighted by Gasteiger charge is -2.12. The fourth-order valence-corrected chi connectivity index (χ4v) is 4.25. The van der Waals surface area contributed by atoms with Gasteiger partial charge in [0, 0.05) is 23.7 Å². The van der Waals surface area contributed by atoms with Crippen molar-refractivity contribution >= 4 is 17.0 Å². The number of nitrogens with zero attached hydrogens (tertiary/aromatic N) is 6. The summed E-state index contributed by atoms with van der Waals surface area (Å²) in [6, 6.07) is 17.5. The lowest BCUT2D eigenvalue weighted by atomic mass is 10.0. The van der Waals surface area contributed by atoms with Crippen molar-refractivity contribution in [3.8, 4) is 22.6 Å². The molecule has 0 unspecified atom stereocenters. The molecular formula is C26H25N7O2. The van der Waals surface area contributed by atoms with Crippen LogP contribution in [0.5, 0.6) is 0 Å². The topological polar surface area (TPSA) is 111 Å². The smallest absolute Gasteiger partial charge is 0.340 e. The number of methoxy groups -OCH3 is 1. The highest BCUT2D eigenvalue weighted by Crippen LogP contribution is 2.29. The van der Waals surface area contributed by atoms with Gasteiger partial charge < -0.3 is 9.30 Å². The van der Waals surface area contributed by atoms with Crippen LogP contribution in [0.4, 0.5) is 0 Å². The van der Waals surface area contributed by atoms with Gasteiger partial charge >= 0.3 is 5.97 Å². The largest absolute Gasteiger partial charge is 0.465 e. The first kappa shape index (κ1) is 22.4. The number of imidazole rings is 1. The van der Waals surface area contributed by atoms with Crippen molar-refractivity contribution in [2.75, 3.05) is 7.11 Å². The third kappa shape index (κ3) is 4.40. The maximum Gasteiger partial charge on any atom is 0.340 e. The van der Waals surface area contributed by atoms with E-state index in [4.69, 9.17) is 14.7 Å². The second-order valence-electron chi connectivity index (χ2n) is 8.23. The molecule has 5 aromatic rings. The van der Waals surface area contributed by atoms with Crippen LogP contribution < -0.4 is 0 Å². The highest BCUT2D eigenvalue weighted by Gasteiger charge is 2.19. The van der Waals surface area contributed by atoms with Crippen molar-refractivity contribution < 1.29 is 9.53 Å². The Labute approximate surface area is 202 Å². The number of hydrogen-bond donors (Lipinski definition) is 1. The highest BCUT2D eigenvalue weighted by atomic mass is 16.5. The van der Waals surface area contributed by atoms with Gasteiger partial charge in [0.15, 0.2) is 5.82 Å². The van der Waals surface area contributed by atoms with E-state index in [-0.39, 0.29) is 5.97 Å². The molecule has 35 heavy (non-hydrogen) atoms. The number of carbonyl (C=O) groups excluding carboxylic acids is 1. The molecule has 176 valence electrons. The number of nitrogens with one attached hydrogen (secondary N) is 1. The molecule has 9 nitrogen and oxygen atoms in total. The first-order valence-electron chi connectivity index (χ1n) is 11.5. The summed E-state index contributed by atoms with van der Waals surface area (Å²) in [5, 5.41) is 14.2. The molecule has 5 rings (SSSR count). The number of tetrazole rings is 1. The Hall–Kier alpha value is -4.40. The van der Waals surface area contributed by atoms with Crippen LogP contribution in [0.15, 0.2) is 60.8 Å². The number of esters is 1. The van der Waals surface area contributed by atoms with Gasteiger partial charge in [-0.15, -0.1) is 5.10 Å². The minimum absolute atomic E-state index is 0.370. The van der Waals surface area contributed by atoms with Crippen LogP contribution in [-0.2, 0) is 17.7 Å². The normalized spacial score (nSPS) is 11.1. The zero-order valence-corrected chi connectivity index (χ0v) is 19.6. The van der Waals surface area contributed by atoms with Gasteiger partial charge in [0.2, 0.25) is 0 Å². The summed E-state index contributed by atoms with van der Waals surface area (Å²) in [5.41, 5.74) is 5.72. The molecule has 1 N–H and O–H groups in total. The van der Waals surface area contributed by atoms with E-state index in [1.807, 2.05) is 54.7 Å². The van der Waals surface area contributed by atoms with Gasteiger partial charge in [-0.2, -0.15) is 0 Å². The summed E-state index contributed by atoms with van der Waals surface area (Å²) in [6.07, 6.45) is 4.77. The predicted molar refractivity (Wildman–Crippen MR) is 132 cm³/mol. The lowest BCUT2D eigenvalue weighted by Crippen LogP contribution is -2.09. The molecule has 3 heterocycles. The molecule has 9 heteroatoms. The molecule has 0 radical (unpaired) electrons. The average molecular weight is 468 g/mol. The number of carbonyl (C=O) groups is 1. The molecule has 0 aliphatic heterocycles. The van der Waals surface area contributed by atoms with Crippen molar-refractivity contribution in [1.82, 2.24) is 35.2 Å².